The molecule has 1 atom stereocenters. The summed E-state index contributed by atoms with van der Waals surface area (Å²) >= 11 is 0. The summed E-state index contributed by atoms with van der Waals surface area (Å²) in [5.41, 5.74) is 1.30. The lowest BCUT2D eigenvalue weighted by Crippen LogP contribution is -2.57. The molecule has 0 radical (unpaired) electrons. The lowest BCUT2D eigenvalue weighted by atomic mass is 9.94. The smallest absolute Gasteiger partial charge is 0.254 e. The molecule has 1 heterocycles. The summed E-state index contributed by atoms with van der Waals surface area (Å²) in [4.78, 5) is 30.5. The highest BCUT2D eigenvalue weighted by Gasteiger charge is 2.37. The van der Waals surface area contributed by atoms with Gasteiger partial charge in [-0.2, -0.15) is 0 Å². The third-order valence-corrected chi connectivity index (χ3v) is 7.10. The van der Waals surface area contributed by atoms with Crippen LogP contribution < -0.4 is 14.8 Å². The molecule has 7 nitrogen and oxygen atoms in total. The predicted octanol–water partition coefficient (Wildman–Crippen LogP) is 3.48. The van der Waals surface area contributed by atoms with E-state index in [1.54, 1.807) is 38.5 Å². The zero-order chi connectivity index (χ0) is 24.8. The van der Waals surface area contributed by atoms with E-state index in [2.05, 4.69) is 10.2 Å². The van der Waals surface area contributed by atoms with Crippen LogP contribution >= 0.6 is 0 Å². The number of halogens is 1. The zero-order valence-corrected chi connectivity index (χ0v) is 20.5. The third-order valence-electron chi connectivity index (χ3n) is 7.10. The first-order valence-electron chi connectivity index (χ1n) is 12.3. The Bertz CT molecular complexity index is 1030. The SMILES string of the molecule is COc1ccc(C(=O)N2CCN(C(C(=O)NCc3cccc(F)c3)C3CCCC3)CC2)cc1OC. The van der Waals surface area contributed by atoms with Crippen LogP contribution in [-0.4, -0.2) is 68.1 Å². The number of nitrogens with zero attached hydrogens (tertiary/aromatic N) is 2. The Balaban J connectivity index is 1.39. The Morgan fingerprint density at radius 1 is 1.00 bits per heavy atom. The van der Waals surface area contributed by atoms with Crippen molar-refractivity contribution in [3.05, 3.63) is 59.4 Å². The van der Waals surface area contributed by atoms with E-state index in [9.17, 15) is 14.0 Å². The van der Waals surface area contributed by atoms with Gasteiger partial charge in [0.05, 0.1) is 20.3 Å². The van der Waals surface area contributed by atoms with E-state index in [4.69, 9.17) is 9.47 Å². The lowest BCUT2D eigenvalue weighted by Gasteiger charge is -2.40. The highest BCUT2D eigenvalue weighted by molar-refractivity contribution is 5.95. The van der Waals surface area contributed by atoms with Gasteiger partial charge in [-0.15, -0.1) is 0 Å². The highest BCUT2D eigenvalue weighted by Crippen LogP contribution is 2.32. The molecule has 8 heteroatoms. The van der Waals surface area contributed by atoms with Gasteiger partial charge in [0, 0.05) is 38.3 Å². The van der Waals surface area contributed by atoms with E-state index in [0.717, 1.165) is 31.2 Å². The summed E-state index contributed by atoms with van der Waals surface area (Å²) in [7, 11) is 3.11. The fourth-order valence-electron chi connectivity index (χ4n) is 5.25. The first-order chi connectivity index (χ1) is 17.0. The van der Waals surface area contributed by atoms with Crippen LogP contribution in [0.5, 0.6) is 11.5 Å². The van der Waals surface area contributed by atoms with Gasteiger partial charge in [-0.25, -0.2) is 4.39 Å². The molecule has 0 aromatic heterocycles. The van der Waals surface area contributed by atoms with Gasteiger partial charge in [0.1, 0.15) is 5.82 Å². The van der Waals surface area contributed by atoms with Crippen molar-refractivity contribution in [3.63, 3.8) is 0 Å². The predicted molar refractivity (Wildman–Crippen MR) is 131 cm³/mol. The third kappa shape index (κ3) is 5.93. The molecule has 1 saturated heterocycles. The average molecular weight is 484 g/mol. The Morgan fingerprint density at radius 3 is 2.37 bits per heavy atom. The van der Waals surface area contributed by atoms with E-state index in [-0.39, 0.29) is 23.7 Å². The molecule has 2 aromatic rings. The number of hydrogen-bond donors (Lipinski definition) is 1. The molecule has 0 bridgehead atoms. The van der Waals surface area contributed by atoms with Crippen LogP contribution in [0.4, 0.5) is 4.39 Å². The van der Waals surface area contributed by atoms with Crippen LogP contribution in [0.3, 0.4) is 0 Å². The van der Waals surface area contributed by atoms with Crippen LogP contribution in [0.25, 0.3) is 0 Å². The molecular formula is C27H34FN3O4. The van der Waals surface area contributed by atoms with E-state index >= 15 is 0 Å². The monoisotopic (exact) mass is 483 g/mol. The minimum absolute atomic E-state index is 0.0131. The van der Waals surface area contributed by atoms with E-state index in [1.165, 1.54) is 12.1 Å². The molecule has 4 rings (SSSR count). The number of ether oxygens (including phenoxy) is 2. The summed E-state index contributed by atoms with van der Waals surface area (Å²) < 4.78 is 24.1. The van der Waals surface area contributed by atoms with Crippen molar-refractivity contribution < 1.29 is 23.5 Å². The molecule has 1 saturated carbocycles. The molecule has 2 aliphatic rings. The number of rotatable bonds is 8. The topological polar surface area (TPSA) is 71.1 Å². The quantitative estimate of drug-likeness (QED) is 0.623. The fourth-order valence-corrected chi connectivity index (χ4v) is 5.25. The van der Waals surface area contributed by atoms with E-state index in [1.807, 2.05) is 11.0 Å². The lowest BCUT2D eigenvalue weighted by molar-refractivity contribution is -0.129. The van der Waals surface area contributed by atoms with Gasteiger partial charge < -0.3 is 19.7 Å². The maximum atomic E-state index is 13.5. The number of hydrogen-bond acceptors (Lipinski definition) is 5. The Kier molecular flexibility index (Phi) is 8.23. The molecule has 188 valence electrons. The number of piperazine rings is 1. The number of carbonyl (C=O) groups is 2. The van der Waals surface area contributed by atoms with Crippen molar-refractivity contribution in [2.75, 3.05) is 40.4 Å². The molecular weight excluding hydrogens is 449 g/mol. The van der Waals surface area contributed by atoms with Crippen molar-refractivity contribution in [2.24, 2.45) is 5.92 Å². The Labute approximate surface area is 206 Å². The second kappa shape index (κ2) is 11.5. The van der Waals surface area contributed by atoms with Crippen molar-refractivity contribution >= 4 is 11.8 Å². The molecule has 2 amide bonds. The molecule has 35 heavy (non-hydrogen) atoms. The van der Waals surface area contributed by atoms with Crippen LogP contribution in [-0.2, 0) is 11.3 Å². The second-order valence-corrected chi connectivity index (χ2v) is 9.24. The molecule has 0 spiro atoms. The van der Waals surface area contributed by atoms with Gasteiger partial charge in [-0.05, 0) is 54.7 Å². The van der Waals surface area contributed by atoms with Crippen LogP contribution in [0.2, 0.25) is 0 Å². The molecule has 1 aliphatic carbocycles. The molecule has 1 unspecified atom stereocenters. The molecule has 1 N–H and O–H groups in total. The summed E-state index contributed by atoms with van der Waals surface area (Å²) in [5, 5.41) is 3.03. The summed E-state index contributed by atoms with van der Waals surface area (Å²) in [6.07, 6.45) is 4.33. The van der Waals surface area contributed by atoms with Gasteiger partial charge in [0.2, 0.25) is 5.91 Å². The van der Waals surface area contributed by atoms with Crippen molar-refractivity contribution in [2.45, 2.75) is 38.3 Å². The highest BCUT2D eigenvalue weighted by atomic mass is 19.1. The van der Waals surface area contributed by atoms with Gasteiger partial charge in [-0.1, -0.05) is 25.0 Å². The number of carbonyl (C=O) groups excluding carboxylic acids is 2. The molecule has 2 aromatic carbocycles. The minimum atomic E-state index is -0.306. The van der Waals surface area contributed by atoms with Crippen LogP contribution in [0, 0.1) is 11.7 Å². The maximum absolute atomic E-state index is 13.5. The Morgan fingerprint density at radius 2 is 1.71 bits per heavy atom. The number of nitrogens with one attached hydrogen (secondary N) is 1. The molecule has 2 fully saturated rings. The van der Waals surface area contributed by atoms with Gasteiger partial charge >= 0.3 is 0 Å². The summed E-state index contributed by atoms with van der Waals surface area (Å²) in [6, 6.07) is 11.3. The van der Waals surface area contributed by atoms with E-state index < -0.39 is 0 Å². The normalized spacial score (nSPS) is 17.7. The first kappa shape index (κ1) is 25.0. The van der Waals surface area contributed by atoms with Gasteiger partial charge in [-0.3, -0.25) is 14.5 Å². The largest absolute Gasteiger partial charge is 0.493 e. The van der Waals surface area contributed by atoms with Crippen molar-refractivity contribution in [1.29, 1.82) is 0 Å². The van der Waals surface area contributed by atoms with E-state index in [0.29, 0.717) is 55.7 Å². The molecule has 1 aliphatic heterocycles. The Hall–Kier alpha value is -3.13. The van der Waals surface area contributed by atoms with Crippen molar-refractivity contribution in [1.82, 2.24) is 15.1 Å². The first-order valence-corrected chi connectivity index (χ1v) is 12.3. The maximum Gasteiger partial charge on any atom is 0.254 e. The fraction of sp³-hybridized carbons (Fsp3) is 0.481. The second-order valence-electron chi connectivity index (χ2n) is 9.24. The standard InChI is InChI=1S/C27H34FN3O4/c1-34-23-11-10-21(17-24(23)35-2)27(33)31-14-12-30(13-15-31)25(20-7-3-4-8-20)26(32)29-18-19-6-5-9-22(28)16-19/h5-6,9-11,16-17,20,25H,3-4,7-8,12-15,18H2,1-2H3,(H,29,32). The van der Waals surface area contributed by atoms with Crippen LogP contribution in [0.15, 0.2) is 42.5 Å². The minimum Gasteiger partial charge on any atom is -0.493 e. The van der Waals surface area contributed by atoms with Crippen LogP contribution in [0.1, 0.15) is 41.6 Å². The number of amides is 2. The number of benzene rings is 2. The van der Waals surface area contributed by atoms with Gasteiger partial charge in [0.15, 0.2) is 11.5 Å². The summed E-state index contributed by atoms with van der Waals surface area (Å²) in [6.45, 7) is 2.67. The van der Waals surface area contributed by atoms with Gasteiger partial charge in [0.25, 0.3) is 5.91 Å². The average Bonchev–Trinajstić information content (AvgIpc) is 3.41. The zero-order valence-electron chi connectivity index (χ0n) is 20.5. The van der Waals surface area contributed by atoms with Crippen molar-refractivity contribution in [3.8, 4) is 11.5 Å². The summed E-state index contributed by atoms with van der Waals surface area (Å²) in [5.74, 6) is 1.03. The number of methoxy groups -OCH3 is 2.